The van der Waals surface area contributed by atoms with Crippen molar-refractivity contribution in [2.75, 3.05) is 6.54 Å². The van der Waals surface area contributed by atoms with Gasteiger partial charge in [-0.15, -0.1) is 0 Å². The number of hydrogen-bond acceptors (Lipinski definition) is 2. The molecule has 2 heteroatoms. The fourth-order valence-electron chi connectivity index (χ4n) is 0.562. The summed E-state index contributed by atoms with van der Waals surface area (Å²) < 4.78 is 0. The summed E-state index contributed by atoms with van der Waals surface area (Å²) in [5.41, 5.74) is 1.03. The van der Waals surface area contributed by atoms with E-state index >= 15 is 0 Å². The van der Waals surface area contributed by atoms with Gasteiger partial charge in [-0.2, -0.15) is 10.2 Å². The Balaban J connectivity index is 2.82. The SMILES string of the molecule is C=C1CN=NC1(C)C. The molecular formula is C6H10N2. The minimum absolute atomic E-state index is 0.0833. The topological polar surface area (TPSA) is 24.7 Å². The summed E-state index contributed by atoms with van der Waals surface area (Å²) in [7, 11) is 0. The first-order valence-electron chi connectivity index (χ1n) is 2.70. The number of rotatable bonds is 0. The second-order valence-electron chi connectivity index (χ2n) is 2.56. The minimum Gasteiger partial charge on any atom is -0.189 e. The van der Waals surface area contributed by atoms with E-state index in [0.717, 1.165) is 5.57 Å². The van der Waals surface area contributed by atoms with Crippen LogP contribution in [-0.4, -0.2) is 12.1 Å². The van der Waals surface area contributed by atoms with Gasteiger partial charge in [-0.25, -0.2) is 0 Å². The zero-order valence-electron chi connectivity index (χ0n) is 5.31. The lowest BCUT2D eigenvalue weighted by Gasteiger charge is -2.11. The molecular weight excluding hydrogens is 100 g/mol. The molecule has 0 N–H and O–H groups in total. The van der Waals surface area contributed by atoms with Gasteiger partial charge in [0, 0.05) is 0 Å². The Bertz CT molecular complexity index is 145. The third-order valence-corrected chi connectivity index (χ3v) is 1.45. The third-order valence-electron chi connectivity index (χ3n) is 1.45. The molecule has 0 fully saturated rings. The predicted octanol–water partition coefficient (Wildman–Crippen LogP) is 1.79. The molecule has 0 aromatic rings. The van der Waals surface area contributed by atoms with Crippen molar-refractivity contribution in [1.29, 1.82) is 0 Å². The van der Waals surface area contributed by atoms with Crippen LogP contribution in [0.15, 0.2) is 22.4 Å². The van der Waals surface area contributed by atoms with E-state index in [1.807, 2.05) is 13.8 Å². The predicted molar refractivity (Wildman–Crippen MR) is 32.9 cm³/mol. The summed E-state index contributed by atoms with van der Waals surface area (Å²) in [6.07, 6.45) is 0. The molecule has 0 aromatic heterocycles. The lowest BCUT2D eigenvalue weighted by Crippen LogP contribution is -2.14. The van der Waals surface area contributed by atoms with Crippen molar-refractivity contribution in [3.63, 3.8) is 0 Å². The smallest absolute Gasteiger partial charge is 0.0984 e. The maximum absolute atomic E-state index is 3.97. The molecule has 0 atom stereocenters. The van der Waals surface area contributed by atoms with Crippen molar-refractivity contribution < 1.29 is 0 Å². The molecule has 1 aliphatic rings. The van der Waals surface area contributed by atoms with Crippen LogP contribution in [0, 0.1) is 0 Å². The quantitative estimate of drug-likeness (QED) is 0.425. The summed E-state index contributed by atoms with van der Waals surface area (Å²) >= 11 is 0. The lowest BCUT2D eigenvalue weighted by molar-refractivity contribution is 0.629. The fourth-order valence-corrected chi connectivity index (χ4v) is 0.562. The van der Waals surface area contributed by atoms with E-state index < -0.39 is 0 Å². The largest absolute Gasteiger partial charge is 0.189 e. The van der Waals surface area contributed by atoms with Crippen molar-refractivity contribution in [1.82, 2.24) is 0 Å². The third kappa shape index (κ3) is 0.661. The van der Waals surface area contributed by atoms with E-state index in [-0.39, 0.29) is 5.54 Å². The summed E-state index contributed by atoms with van der Waals surface area (Å²) in [4.78, 5) is 0. The van der Waals surface area contributed by atoms with Crippen molar-refractivity contribution in [2.24, 2.45) is 10.2 Å². The Hall–Kier alpha value is -0.660. The highest BCUT2D eigenvalue weighted by Crippen LogP contribution is 2.24. The van der Waals surface area contributed by atoms with E-state index in [1.165, 1.54) is 0 Å². The van der Waals surface area contributed by atoms with Gasteiger partial charge < -0.3 is 0 Å². The highest BCUT2D eigenvalue weighted by molar-refractivity contribution is 5.17. The normalized spacial score (nSPS) is 24.5. The highest BCUT2D eigenvalue weighted by atomic mass is 15.2. The van der Waals surface area contributed by atoms with Crippen LogP contribution >= 0.6 is 0 Å². The maximum atomic E-state index is 3.97. The molecule has 2 nitrogen and oxygen atoms in total. The lowest BCUT2D eigenvalue weighted by atomic mass is 9.99. The molecule has 0 saturated carbocycles. The van der Waals surface area contributed by atoms with Gasteiger partial charge in [0.2, 0.25) is 0 Å². The molecule has 44 valence electrons. The highest BCUT2D eigenvalue weighted by Gasteiger charge is 2.24. The second kappa shape index (κ2) is 1.41. The van der Waals surface area contributed by atoms with E-state index in [0.29, 0.717) is 6.54 Å². The Morgan fingerprint density at radius 2 is 2.25 bits per heavy atom. The number of hydrogen-bond donors (Lipinski definition) is 0. The van der Waals surface area contributed by atoms with Gasteiger partial charge in [0.15, 0.2) is 0 Å². The van der Waals surface area contributed by atoms with Gasteiger partial charge in [0.1, 0.15) is 0 Å². The number of azo groups is 1. The van der Waals surface area contributed by atoms with E-state index in [2.05, 4.69) is 16.8 Å². The first-order valence-corrected chi connectivity index (χ1v) is 2.70. The minimum atomic E-state index is -0.0833. The zero-order valence-corrected chi connectivity index (χ0v) is 5.31. The van der Waals surface area contributed by atoms with E-state index in [9.17, 15) is 0 Å². The second-order valence-corrected chi connectivity index (χ2v) is 2.56. The summed E-state index contributed by atoms with van der Waals surface area (Å²) in [5.74, 6) is 0. The van der Waals surface area contributed by atoms with Crippen LogP contribution in [0.5, 0.6) is 0 Å². The van der Waals surface area contributed by atoms with Crippen molar-refractivity contribution >= 4 is 0 Å². The van der Waals surface area contributed by atoms with Gasteiger partial charge in [0.05, 0.1) is 12.1 Å². The molecule has 8 heavy (non-hydrogen) atoms. The van der Waals surface area contributed by atoms with E-state index in [4.69, 9.17) is 0 Å². The van der Waals surface area contributed by atoms with Crippen molar-refractivity contribution in [2.45, 2.75) is 19.4 Å². The molecule has 0 bridgehead atoms. The first kappa shape index (κ1) is 5.48. The molecule has 0 aliphatic carbocycles. The Kier molecular flexibility index (Phi) is 0.962. The average Bonchev–Trinajstić information content (AvgIpc) is 1.86. The maximum Gasteiger partial charge on any atom is 0.0984 e. The van der Waals surface area contributed by atoms with Gasteiger partial charge in [-0.1, -0.05) is 6.58 Å². The molecule has 0 saturated heterocycles. The molecule has 0 radical (unpaired) electrons. The van der Waals surface area contributed by atoms with Gasteiger partial charge in [-0.05, 0) is 19.4 Å². The van der Waals surface area contributed by atoms with Crippen molar-refractivity contribution in [3.8, 4) is 0 Å². The summed E-state index contributed by atoms with van der Waals surface area (Å²) in [5, 5.41) is 7.82. The molecule has 0 unspecified atom stereocenters. The standard InChI is InChI=1S/C6H10N2/c1-5-4-7-8-6(5,2)3/h1,4H2,2-3H3. The summed E-state index contributed by atoms with van der Waals surface area (Å²) in [6, 6.07) is 0. The Labute approximate surface area is 49.3 Å². The Morgan fingerprint density at radius 3 is 2.38 bits per heavy atom. The van der Waals surface area contributed by atoms with Crippen LogP contribution in [0.25, 0.3) is 0 Å². The van der Waals surface area contributed by atoms with Crippen LogP contribution in [0.3, 0.4) is 0 Å². The van der Waals surface area contributed by atoms with Crippen LogP contribution in [0.4, 0.5) is 0 Å². The monoisotopic (exact) mass is 110 g/mol. The van der Waals surface area contributed by atoms with Crippen LogP contribution in [0.2, 0.25) is 0 Å². The van der Waals surface area contributed by atoms with Crippen LogP contribution in [-0.2, 0) is 0 Å². The molecule has 1 heterocycles. The number of nitrogens with zero attached hydrogens (tertiary/aromatic N) is 2. The summed E-state index contributed by atoms with van der Waals surface area (Å²) in [6.45, 7) is 8.57. The molecule has 0 amide bonds. The van der Waals surface area contributed by atoms with Gasteiger partial charge >= 0.3 is 0 Å². The molecule has 0 aromatic carbocycles. The first-order chi connectivity index (χ1) is 3.63. The molecule has 0 spiro atoms. The fraction of sp³-hybridized carbons (Fsp3) is 0.667. The zero-order chi connectivity index (χ0) is 6.20. The molecule has 1 rings (SSSR count). The Morgan fingerprint density at radius 1 is 1.62 bits per heavy atom. The van der Waals surface area contributed by atoms with Gasteiger partial charge in [0.25, 0.3) is 0 Å². The van der Waals surface area contributed by atoms with Crippen LogP contribution in [0.1, 0.15) is 13.8 Å². The molecule has 1 aliphatic heterocycles. The van der Waals surface area contributed by atoms with Crippen LogP contribution < -0.4 is 0 Å². The van der Waals surface area contributed by atoms with E-state index in [1.54, 1.807) is 0 Å². The van der Waals surface area contributed by atoms with Crippen molar-refractivity contribution in [3.05, 3.63) is 12.2 Å². The average molecular weight is 110 g/mol. The van der Waals surface area contributed by atoms with Gasteiger partial charge in [-0.3, -0.25) is 0 Å².